The highest BCUT2D eigenvalue weighted by Gasteiger charge is 2.17. The summed E-state index contributed by atoms with van der Waals surface area (Å²) < 4.78 is 27.2. The average molecular weight is 407 g/mol. The van der Waals surface area contributed by atoms with Gasteiger partial charge in [0.15, 0.2) is 0 Å². The summed E-state index contributed by atoms with van der Waals surface area (Å²) in [5.74, 6) is -0.0610. The molecule has 8 heteroatoms. The lowest BCUT2D eigenvalue weighted by atomic mass is 9.97. The van der Waals surface area contributed by atoms with Crippen LogP contribution < -0.4 is 10.6 Å². The van der Waals surface area contributed by atoms with Crippen molar-refractivity contribution in [2.24, 2.45) is 12.5 Å². The highest BCUT2D eigenvalue weighted by Crippen LogP contribution is 2.28. The quantitative estimate of drug-likeness (QED) is 0.608. The fourth-order valence-corrected chi connectivity index (χ4v) is 3.55. The van der Waals surface area contributed by atoms with Gasteiger partial charge in [-0.2, -0.15) is 0 Å². The SMILES string of the molecule is Cn1c(NC(=O)c2ccc(C(F)F)s2)nc2ccc(CNCC(C)(C)C)cc21. The van der Waals surface area contributed by atoms with Gasteiger partial charge in [-0.25, -0.2) is 13.8 Å². The summed E-state index contributed by atoms with van der Waals surface area (Å²) in [4.78, 5) is 16.9. The molecule has 0 aliphatic heterocycles. The largest absolute Gasteiger partial charge is 0.313 e. The molecule has 0 aliphatic carbocycles. The van der Waals surface area contributed by atoms with Crippen LogP contribution in [-0.2, 0) is 13.6 Å². The van der Waals surface area contributed by atoms with Gasteiger partial charge in [0.1, 0.15) is 0 Å². The number of benzene rings is 1. The molecule has 0 bridgehead atoms. The molecule has 3 rings (SSSR count). The number of rotatable bonds is 6. The highest BCUT2D eigenvalue weighted by molar-refractivity contribution is 7.14. The number of thiophene rings is 1. The van der Waals surface area contributed by atoms with Gasteiger partial charge in [0.05, 0.1) is 20.8 Å². The van der Waals surface area contributed by atoms with E-state index in [0.717, 1.165) is 41.0 Å². The van der Waals surface area contributed by atoms with E-state index in [1.807, 2.05) is 25.2 Å². The van der Waals surface area contributed by atoms with Crippen LogP contribution in [0.1, 0.15) is 47.3 Å². The first-order chi connectivity index (χ1) is 13.1. The predicted octanol–water partition coefficient (Wildman–Crippen LogP) is 4.96. The van der Waals surface area contributed by atoms with Gasteiger partial charge in [0.25, 0.3) is 12.3 Å². The van der Waals surface area contributed by atoms with Crippen LogP contribution in [0.2, 0.25) is 0 Å². The van der Waals surface area contributed by atoms with E-state index >= 15 is 0 Å². The van der Waals surface area contributed by atoms with E-state index < -0.39 is 12.3 Å². The van der Waals surface area contributed by atoms with Crippen molar-refractivity contribution >= 4 is 34.2 Å². The number of alkyl halides is 2. The standard InChI is InChI=1S/C20H24F2N4OS/c1-20(2,3)11-23-10-12-5-6-13-14(9-12)26(4)19(24-13)25-18(27)16-8-7-15(28-16)17(21)22/h5-9,17,23H,10-11H2,1-4H3,(H,24,25,27). The summed E-state index contributed by atoms with van der Waals surface area (Å²) in [6.07, 6.45) is -2.58. The van der Waals surface area contributed by atoms with Crippen LogP contribution in [0.15, 0.2) is 30.3 Å². The molecule has 5 nitrogen and oxygen atoms in total. The maximum Gasteiger partial charge on any atom is 0.272 e. The Balaban J connectivity index is 1.75. The molecule has 3 aromatic rings. The minimum Gasteiger partial charge on any atom is -0.313 e. The minimum absolute atomic E-state index is 0.123. The average Bonchev–Trinajstić information content (AvgIpc) is 3.21. The van der Waals surface area contributed by atoms with Gasteiger partial charge in [-0.05, 0) is 35.2 Å². The van der Waals surface area contributed by atoms with E-state index in [-0.39, 0.29) is 15.2 Å². The lowest BCUT2D eigenvalue weighted by Gasteiger charge is -2.18. The number of imidazole rings is 1. The van der Waals surface area contributed by atoms with E-state index in [1.165, 1.54) is 12.1 Å². The van der Waals surface area contributed by atoms with Gasteiger partial charge in [-0.1, -0.05) is 26.8 Å². The Morgan fingerprint density at radius 1 is 1.25 bits per heavy atom. The molecule has 0 radical (unpaired) electrons. The van der Waals surface area contributed by atoms with Crippen LogP contribution >= 0.6 is 11.3 Å². The van der Waals surface area contributed by atoms with Crippen molar-refractivity contribution in [1.29, 1.82) is 0 Å². The summed E-state index contributed by atoms with van der Waals surface area (Å²) in [5, 5.41) is 6.15. The molecule has 0 fully saturated rings. The minimum atomic E-state index is -2.58. The summed E-state index contributed by atoms with van der Waals surface area (Å²) >= 11 is 0.787. The molecular formula is C20H24F2N4OS. The number of nitrogens with one attached hydrogen (secondary N) is 2. The topological polar surface area (TPSA) is 59.0 Å². The predicted molar refractivity (Wildman–Crippen MR) is 109 cm³/mol. The monoisotopic (exact) mass is 406 g/mol. The lowest BCUT2D eigenvalue weighted by Crippen LogP contribution is -2.26. The number of anilines is 1. The molecule has 2 N–H and O–H groups in total. The molecule has 0 aliphatic rings. The fraction of sp³-hybridized carbons (Fsp3) is 0.400. The Morgan fingerprint density at radius 2 is 2.00 bits per heavy atom. The second-order valence-electron chi connectivity index (χ2n) is 7.94. The van der Waals surface area contributed by atoms with Crippen LogP contribution in [-0.4, -0.2) is 22.0 Å². The molecule has 1 amide bonds. The molecule has 0 unspecified atom stereocenters. The van der Waals surface area contributed by atoms with Crippen molar-refractivity contribution < 1.29 is 13.6 Å². The first-order valence-electron chi connectivity index (χ1n) is 8.99. The van der Waals surface area contributed by atoms with Crippen LogP contribution in [0, 0.1) is 5.41 Å². The molecule has 0 atom stereocenters. The first kappa shape index (κ1) is 20.4. The molecule has 2 heterocycles. The number of halogens is 2. The molecule has 0 spiro atoms. The molecule has 2 aromatic heterocycles. The van der Waals surface area contributed by atoms with Crippen molar-refractivity contribution in [2.75, 3.05) is 11.9 Å². The zero-order valence-electron chi connectivity index (χ0n) is 16.3. The van der Waals surface area contributed by atoms with E-state index in [9.17, 15) is 13.6 Å². The second-order valence-corrected chi connectivity index (χ2v) is 9.05. The Hall–Kier alpha value is -2.32. The van der Waals surface area contributed by atoms with Gasteiger partial charge < -0.3 is 9.88 Å². The van der Waals surface area contributed by atoms with Crippen molar-refractivity contribution in [3.8, 4) is 0 Å². The summed E-state index contributed by atoms with van der Waals surface area (Å²) in [6, 6.07) is 8.64. The van der Waals surface area contributed by atoms with Gasteiger partial charge in [0.2, 0.25) is 5.95 Å². The zero-order valence-corrected chi connectivity index (χ0v) is 17.2. The van der Waals surface area contributed by atoms with Crippen molar-refractivity contribution in [1.82, 2.24) is 14.9 Å². The number of aromatic nitrogens is 2. The number of aryl methyl sites for hydroxylation is 1. The second kappa shape index (κ2) is 7.97. The number of carbonyl (C=O) groups excluding carboxylic acids is 1. The van der Waals surface area contributed by atoms with Gasteiger partial charge in [-0.15, -0.1) is 11.3 Å². The molecule has 0 saturated heterocycles. The van der Waals surface area contributed by atoms with Crippen LogP contribution in [0.5, 0.6) is 0 Å². The number of nitrogens with zero attached hydrogens (tertiary/aromatic N) is 2. The Kier molecular flexibility index (Phi) is 5.81. The zero-order chi connectivity index (χ0) is 20.5. The molecular weight excluding hydrogens is 382 g/mol. The highest BCUT2D eigenvalue weighted by atomic mass is 32.1. The normalized spacial score (nSPS) is 12.1. The number of fused-ring (bicyclic) bond motifs is 1. The molecule has 0 saturated carbocycles. The Morgan fingerprint density at radius 3 is 2.64 bits per heavy atom. The fourth-order valence-electron chi connectivity index (χ4n) is 2.79. The van der Waals surface area contributed by atoms with Crippen molar-refractivity contribution in [3.05, 3.63) is 45.6 Å². The van der Waals surface area contributed by atoms with Gasteiger partial charge in [-0.3, -0.25) is 10.1 Å². The van der Waals surface area contributed by atoms with E-state index in [1.54, 1.807) is 4.57 Å². The molecule has 150 valence electrons. The van der Waals surface area contributed by atoms with Gasteiger partial charge in [0, 0.05) is 20.1 Å². The Bertz CT molecular complexity index is 988. The third-order valence-corrected chi connectivity index (χ3v) is 5.31. The number of carbonyl (C=O) groups is 1. The third kappa shape index (κ3) is 4.74. The van der Waals surface area contributed by atoms with E-state index in [4.69, 9.17) is 0 Å². The van der Waals surface area contributed by atoms with Crippen LogP contribution in [0.3, 0.4) is 0 Å². The number of hydrogen-bond donors (Lipinski definition) is 2. The third-order valence-electron chi connectivity index (χ3n) is 4.22. The maximum atomic E-state index is 12.7. The number of hydrogen-bond acceptors (Lipinski definition) is 4. The summed E-state index contributed by atoms with van der Waals surface area (Å²) in [6.45, 7) is 8.18. The maximum absolute atomic E-state index is 12.7. The van der Waals surface area contributed by atoms with Crippen molar-refractivity contribution in [2.45, 2.75) is 33.7 Å². The van der Waals surface area contributed by atoms with E-state index in [0.29, 0.717) is 5.95 Å². The van der Waals surface area contributed by atoms with E-state index in [2.05, 4.69) is 36.4 Å². The summed E-state index contributed by atoms with van der Waals surface area (Å²) in [7, 11) is 1.82. The smallest absolute Gasteiger partial charge is 0.272 e. The number of amides is 1. The van der Waals surface area contributed by atoms with Crippen LogP contribution in [0.4, 0.5) is 14.7 Å². The molecule has 1 aromatic carbocycles. The molecule has 28 heavy (non-hydrogen) atoms. The van der Waals surface area contributed by atoms with Gasteiger partial charge >= 0.3 is 0 Å². The first-order valence-corrected chi connectivity index (χ1v) is 9.81. The Labute approximate surface area is 166 Å². The van der Waals surface area contributed by atoms with Crippen LogP contribution in [0.25, 0.3) is 11.0 Å². The summed E-state index contributed by atoms with van der Waals surface area (Å²) in [5.41, 5.74) is 2.99. The van der Waals surface area contributed by atoms with Crippen molar-refractivity contribution in [3.63, 3.8) is 0 Å². The lowest BCUT2D eigenvalue weighted by molar-refractivity contribution is 0.102.